The monoisotopic (exact) mass is 436 g/mol. The van der Waals surface area contributed by atoms with Crippen molar-refractivity contribution in [2.24, 2.45) is 0 Å². The van der Waals surface area contributed by atoms with Crippen LogP contribution in [0.4, 0.5) is 0 Å². The first-order chi connectivity index (χ1) is 15.5. The van der Waals surface area contributed by atoms with Crippen molar-refractivity contribution in [3.05, 3.63) is 71.8 Å². The van der Waals surface area contributed by atoms with Gasteiger partial charge in [-0.05, 0) is 17.5 Å². The van der Waals surface area contributed by atoms with Gasteiger partial charge in [-0.15, -0.1) is 0 Å². The van der Waals surface area contributed by atoms with Crippen LogP contribution in [-0.4, -0.2) is 81.6 Å². The Hall–Kier alpha value is -3.23. The van der Waals surface area contributed by atoms with E-state index in [0.29, 0.717) is 13.0 Å². The summed E-state index contributed by atoms with van der Waals surface area (Å²) in [6.07, 6.45) is 0.215. The van der Waals surface area contributed by atoms with Crippen molar-refractivity contribution in [3.8, 4) is 0 Å². The summed E-state index contributed by atoms with van der Waals surface area (Å²) < 4.78 is 0. The van der Waals surface area contributed by atoms with E-state index in [9.17, 15) is 19.5 Å². The Morgan fingerprint density at radius 1 is 1.00 bits per heavy atom. The number of benzene rings is 2. The van der Waals surface area contributed by atoms with Gasteiger partial charge in [-0.3, -0.25) is 19.4 Å². The zero-order chi connectivity index (χ0) is 22.7. The Balaban J connectivity index is 1.57. The summed E-state index contributed by atoms with van der Waals surface area (Å²) >= 11 is 0. The van der Waals surface area contributed by atoms with Gasteiger partial charge >= 0.3 is 0 Å². The van der Waals surface area contributed by atoms with Crippen LogP contribution in [-0.2, 0) is 27.3 Å². The highest BCUT2D eigenvalue weighted by Gasteiger charge is 2.50. The third-order valence-corrected chi connectivity index (χ3v) is 6.05. The lowest BCUT2D eigenvalue weighted by atomic mass is 10.0. The number of aryl methyl sites for hydroxylation is 1. The molecule has 2 atom stereocenters. The molecule has 2 saturated heterocycles. The van der Waals surface area contributed by atoms with Crippen molar-refractivity contribution in [1.29, 1.82) is 0 Å². The highest BCUT2D eigenvalue weighted by atomic mass is 16.3. The van der Waals surface area contributed by atoms with Gasteiger partial charge < -0.3 is 14.9 Å². The number of hydrogen-bond acceptors (Lipinski definition) is 5. The third kappa shape index (κ3) is 4.37. The number of amides is 3. The highest BCUT2D eigenvalue weighted by Crippen LogP contribution is 2.27. The molecule has 8 heteroatoms. The molecule has 1 N–H and O–H groups in total. The maximum atomic E-state index is 13.3. The van der Waals surface area contributed by atoms with E-state index in [1.807, 2.05) is 60.7 Å². The zero-order valence-electron chi connectivity index (χ0n) is 18.1. The average molecular weight is 437 g/mol. The van der Waals surface area contributed by atoms with E-state index >= 15 is 0 Å². The van der Waals surface area contributed by atoms with Gasteiger partial charge in [-0.1, -0.05) is 60.7 Å². The lowest BCUT2D eigenvalue weighted by molar-refractivity contribution is -0.204. The first-order valence-electron chi connectivity index (χ1n) is 10.8. The summed E-state index contributed by atoms with van der Waals surface area (Å²) in [4.78, 5) is 42.2. The third-order valence-electron chi connectivity index (χ3n) is 6.05. The van der Waals surface area contributed by atoms with Gasteiger partial charge in [0.1, 0.15) is 12.2 Å². The largest absolute Gasteiger partial charge is 0.394 e. The van der Waals surface area contributed by atoms with Gasteiger partial charge in [-0.2, -0.15) is 0 Å². The molecular formula is C24H28N4O4. The molecular weight excluding hydrogens is 408 g/mol. The fraction of sp³-hybridized carbons (Fsp3) is 0.375. The fourth-order valence-electron chi connectivity index (χ4n) is 4.51. The summed E-state index contributed by atoms with van der Waals surface area (Å²) in [6.45, 7) is 0.0417. The number of rotatable bonds is 6. The van der Waals surface area contributed by atoms with Crippen LogP contribution in [0.5, 0.6) is 0 Å². The summed E-state index contributed by atoms with van der Waals surface area (Å²) in [5.74, 6) is -0.692. The lowest BCUT2D eigenvalue weighted by Crippen LogP contribution is -2.75. The first kappa shape index (κ1) is 22.0. The van der Waals surface area contributed by atoms with Crippen LogP contribution in [0.25, 0.3) is 0 Å². The maximum Gasteiger partial charge on any atom is 0.248 e. The number of hydrogen-bond donors (Lipinski definition) is 1. The summed E-state index contributed by atoms with van der Waals surface area (Å²) in [5, 5.41) is 13.2. The quantitative estimate of drug-likeness (QED) is 0.726. The number of nitrogens with zero attached hydrogens (tertiary/aromatic N) is 4. The topological polar surface area (TPSA) is 84.4 Å². The molecule has 2 aromatic carbocycles. The molecule has 0 aliphatic carbocycles. The van der Waals surface area contributed by atoms with E-state index in [4.69, 9.17) is 0 Å². The summed E-state index contributed by atoms with van der Waals surface area (Å²) in [7, 11) is 1.71. The maximum absolute atomic E-state index is 13.3. The minimum Gasteiger partial charge on any atom is -0.394 e. The van der Waals surface area contributed by atoms with E-state index < -0.39 is 18.8 Å². The van der Waals surface area contributed by atoms with Crippen LogP contribution >= 0.6 is 0 Å². The molecule has 0 aromatic heterocycles. The van der Waals surface area contributed by atoms with Crippen LogP contribution in [0.15, 0.2) is 60.7 Å². The van der Waals surface area contributed by atoms with Gasteiger partial charge in [0, 0.05) is 20.0 Å². The molecule has 0 unspecified atom stereocenters. The molecule has 2 heterocycles. The summed E-state index contributed by atoms with van der Waals surface area (Å²) in [5.41, 5.74) is 2.01. The molecule has 0 saturated carbocycles. The lowest BCUT2D eigenvalue weighted by Gasteiger charge is -2.54. The Bertz CT molecular complexity index is 968. The van der Waals surface area contributed by atoms with Crippen molar-refractivity contribution in [2.45, 2.75) is 31.6 Å². The number of aliphatic hydroxyl groups excluding tert-OH is 1. The molecule has 0 radical (unpaired) electrons. The summed E-state index contributed by atoms with van der Waals surface area (Å²) in [6, 6.07) is 18.3. The minimum atomic E-state index is -0.997. The number of aliphatic hydroxyl groups is 1. The van der Waals surface area contributed by atoms with E-state index in [-0.39, 0.29) is 37.2 Å². The zero-order valence-corrected chi connectivity index (χ0v) is 18.1. The first-order valence-corrected chi connectivity index (χ1v) is 10.8. The Morgan fingerprint density at radius 3 is 2.25 bits per heavy atom. The molecule has 2 fully saturated rings. The SMILES string of the molecule is CN1CC(=O)N2[C@@H](CO)C(=O)N(Cc3ccccc3)C[C@@H]2N1C(=O)CCc1ccccc1. The number of carbonyl (C=O) groups is 3. The molecule has 2 aromatic rings. The van der Waals surface area contributed by atoms with E-state index in [0.717, 1.165) is 11.1 Å². The molecule has 2 aliphatic heterocycles. The van der Waals surface area contributed by atoms with E-state index in [2.05, 4.69) is 0 Å². The normalized spacial score (nSPS) is 21.6. The number of carbonyl (C=O) groups excluding carboxylic acids is 3. The van der Waals surface area contributed by atoms with Crippen molar-refractivity contribution < 1.29 is 19.5 Å². The van der Waals surface area contributed by atoms with Crippen molar-refractivity contribution in [3.63, 3.8) is 0 Å². The molecule has 0 spiro atoms. The molecule has 4 rings (SSSR count). The second-order valence-corrected chi connectivity index (χ2v) is 8.22. The minimum absolute atomic E-state index is 0.0178. The molecule has 2 aliphatic rings. The van der Waals surface area contributed by atoms with Crippen LogP contribution in [0.2, 0.25) is 0 Å². The standard InChI is InChI=1S/C24H28N4O4/c1-25-16-23(31)27-20(17-29)24(32)26(14-19-10-6-3-7-11-19)15-21(27)28(25)22(30)13-12-18-8-4-2-5-9-18/h2-11,20-21,29H,12-17H2,1H3/t20-,21-/m0/s1. The highest BCUT2D eigenvalue weighted by molar-refractivity contribution is 5.91. The molecule has 32 heavy (non-hydrogen) atoms. The van der Waals surface area contributed by atoms with Gasteiger partial charge in [-0.25, -0.2) is 5.01 Å². The fourth-order valence-corrected chi connectivity index (χ4v) is 4.51. The molecule has 168 valence electrons. The second-order valence-electron chi connectivity index (χ2n) is 8.22. The Kier molecular flexibility index (Phi) is 6.53. The van der Waals surface area contributed by atoms with Crippen LogP contribution in [0.3, 0.4) is 0 Å². The second kappa shape index (κ2) is 9.50. The van der Waals surface area contributed by atoms with Crippen LogP contribution < -0.4 is 0 Å². The number of piperazine rings is 1. The molecule has 8 nitrogen and oxygen atoms in total. The predicted molar refractivity (Wildman–Crippen MR) is 118 cm³/mol. The van der Waals surface area contributed by atoms with Gasteiger partial charge in [0.15, 0.2) is 0 Å². The van der Waals surface area contributed by atoms with E-state index in [1.54, 1.807) is 22.0 Å². The van der Waals surface area contributed by atoms with Crippen molar-refractivity contribution in [2.75, 3.05) is 26.7 Å². The predicted octanol–water partition coefficient (Wildman–Crippen LogP) is 0.866. The van der Waals surface area contributed by atoms with Crippen LogP contribution in [0.1, 0.15) is 17.5 Å². The smallest absolute Gasteiger partial charge is 0.248 e. The number of hydrazine groups is 1. The number of likely N-dealkylation sites (N-methyl/N-ethyl adjacent to an activating group) is 1. The van der Waals surface area contributed by atoms with Gasteiger partial charge in [0.05, 0.1) is 19.7 Å². The average Bonchev–Trinajstić information content (AvgIpc) is 2.80. The van der Waals surface area contributed by atoms with E-state index in [1.165, 1.54) is 4.90 Å². The van der Waals surface area contributed by atoms with Gasteiger partial charge in [0.2, 0.25) is 17.7 Å². The molecule has 3 amide bonds. The Morgan fingerprint density at radius 2 is 1.62 bits per heavy atom. The Labute approximate surface area is 187 Å². The number of fused-ring (bicyclic) bond motifs is 1. The van der Waals surface area contributed by atoms with Crippen molar-refractivity contribution in [1.82, 2.24) is 19.8 Å². The molecule has 0 bridgehead atoms. The van der Waals surface area contributed by atoms with Gasteiger partial charge in [0.25, 0.3) is 0 Å². The van der Waals surface area contributed by atoms with Crippen LogP contribution in [0, 0.1) is 0 Å². The van der Waals surface area contributed by atoms with Crippen molar-refractivity contribution >= 4 is 17.7 Å².